The third-order valence-electron chi connectivity index (χ3n) is 3.32. The molecule has 1 aromatic carbocycles. The van der Waals surface area contributed by atoms with E-state index < -0.39 is 18.2 Å². The van der Waals surface area contributed by atoms with Crippen LogP contribution in [0.2, 0.25) is 5.02 Å². The highest BCUT2D eigenvalue weighted by Gasteiger charge is 2.35. The molecule has 2 unspecified atom stereocenters. The number of carbonyl (C=O) groups excluding carboxylic acids is 1. The first-order valence-electron chi connectivity index (χ1n) is 6.42. The second kappa shape index (κ2) is 6.24. The first kappa shape index (κ1) is 14.8. The minimum absolute atomic E-state index is 0.260. The molecular formula is C14H16ClNO4. The number of halogens is 1. The number of rotatable bonds is 4. The Bertz CT molecular complexity index is 520. The normalized spacial score (nSPS) is 23.3. The van der Waals surface area contributed by atoms with Crippen molar-refractivity contribution in [1.82, 2.24) is 5.32 Å². The topological polar surface area (TPSA) is 75.6 Å². The Morgan fingerprint density at radius 2 is 2.00 bits per heavy atom. The van der Waals surface area contributed by atoms with E-state index in [1.165, 1.54) is 0 Å². The molecule has 20 heavy (non-hydrogen) atoms. The molecule has 108 valence electrons. The van der Waals surface area contributed by atoms with Crippen LogP contribution in [-0.2, 0) is 14.3 Å². The Hall–Kier alpha value is -1.59. The minimum atomic E-state index is -1.03. The highest BCUT2D eigenvalue weighted by atomic mass is 35.5. The maximum atomic E-state index is 12.0. The number of aliphatic carboxylic acids is 1. The van der Waals surface area contributed by atoms with E-state index in [4.69, 9.17) is 21.4 Å². The van der Waals surface area contributed by atoms with Crippen molar-refractivity contribution in [2.75, 3.05) is 0 Å². The fourth-order valence-corrected chi connectivity index (χ4v) is 2.52. The van der Waals surface area contributed by atoms with E-state index in [1.807, 2.05) is 25.1 Å². The van der Waals surface area contributed by atoms with Crippen LogP contribution in [0.15, 0.2) is 24.3 Å². The number of benzene rings is 1. The van der Waals surface area contributed by atoms with Crippen molar-refractivity contribution < 1.29 is 19.4 Å². The lowest BCUT2D eigenvalue weighted by Crippen LogP contribution is -2.37. The van der Waals surface area contributed by atoms with Gasteiger partial charge in [0.25, 0.3) is 0 Å². The number of hydrogen-bond donors (Lipinski definition) is 2. The molecule has 1 amide bonds. The third-order valence-corrected chi connectivity index (χ3v) is 3.66. The van der Waals surface area contributed by atoms with Gasteiger partial charge in [-0.2, -0.15) is 0 Å². The van der Waals surface area contributed by atoms with E-state index in [-0.39, 0.29) is 11.9 Å². The van der Waals surface area contributed by atoms with Crippen molar-refractivity contribution in [2.45, 2.75) is 38.0 Å². The summed E-state index contributed by atoms with van der Waals surface area (Å²) in [6, 6.07) is 6.99. The highest BCUT2D eigenvalue weighted by molar-refractivity contribution is 6.31. The smallest absolute Gasteiger partial charge is 0.332 e. The second-order valence-electron chi connectivity index (χ2n) is 4.78. The van der Waals surface area contributed by atoms with Crippen LogP contribution in [0.1, 0.15) is 31.4 Å². The predicted molar refractivity (Wildman–Crippen MR) is 73.5 cm³/mol. The van der Waals surface area contributed by atoms with Crippen LogP contribution in [0.3, 0.4) is 0 Å². The Labute approximate surface area is 121 Å². The van der Waals surface area contributed by atoms with Crippen molar-refractivity contribution in [3.05, 3.63) is 34.9 Å². The lowest BCUT2D eigenvalue weighted by molar-refractivity contribution is -0.151. The van der Waals surface area contributed by atoms with Crippen molar-refractivity contribution in [3.63, 3.8) is 0 Å². The lowest BCUT2D eigenvalue weighted by atomic mass is 10.1. The van der Waals surface area contributed by atoms with Gasteiger partial charge < -0.3 is 15.2 Å². The van der Waals surface area contributed by atoms with Gasteiger partial charge in [0.2, 0.25) is 5.91 Å². The van der Waals surface area contributed by atoms with E-state index in [1.54, 1.807) is 6.07 Å². The van der Waals surface area contributed by atoms with E-state index >= 15 is 0 Å². The summed E-state index contributed by atoms with van der Waals surface area (Å²) in [6.07, 6.45) is -0.825. The standard InChI is InChI=1S/C14H16ClNO4/c1-8(9-4-2-3-5-10(9)15)16-13(17)11-6-7-12(20-11)14(18)19/h2-5,8,11-12H,6-7H2,1H3,(H,16,17)(H,18,19)/t8-,11?,12?/m1/s1. The molecule has 0 bridgehead atoms. The van der Waals surface area contributed by atoms with Crippen LogP contribution in [0.5, 0.6) is 0 Å². The highest BCUT2D eigenvalue weighted by Crippen LogP contribution is 2.24. The maximum Gasteiger partial charge on any atom is 0.332 e. The van der Waals surface area contributed by atoms with Gasteiger partial charge in [-0.3, -0.25) is 4.79 Å². The fourth-order valence-electron chi connectivity index (χ4n) is 2.22. The van der Waals surface area contributed by atoms with Crippen LogP contribution >= 0.6 is 11.6 Å². The van der Waals surface area contributed by atoms with E-state index in [2.05, 4.69) is 5.32 Å². The molecule has 5 nitrogen and oxygen atoms in total. The molecule has 0 aromatic heterocycles. The summed E-state index contributed by atoms with van der Waals surface area (Å²) in [6.45, 7) is 1.82. The van der Waals surface area contributed by atoms with E-state index in [9.17, 15) is 9.59 Å². The first-order chi connectivity index (χ1) is 9.49. The number of nitrogens with one attached hydrogen (secondary N) is 1. The van der Waals surface area contributed by atoms with Crippen LogP contribution in [-0.4, -0.2) is 29.2 Å². The van der Waals surface area contributed by atoms with Crippen molar-refractivity contribution in [3.8, 4) is 0 Å². The number of hydrogen-bond acceptors (Lipinski definition) is 3. The molecule has 1 aliphatic rings. The average Bonchev–Trinajstić information content (AvgIpc) is 2.88. The van der Waals surface area contributed by atoms with Gasteiger partial charge in [0.15, 0.2) is 6.10 Å². The minimum Gasteiger partial charge on any atom is -0.479 e. The molecule has 1 aromatic rings. The monoisotopic (exact) mass is 297 g/mol. The number of ether oxygens (including phenoxy) is 1. The van der Waals surface area contributed by atoms with Gasteiger partial charge in [0.05, 0.1) is 6.04 Å². The van der Waals surface area contributed by atoms with Crippen LogP contribution < -0.4 is 5.32 Å². The molecule has 2 N–H and O–H groups in total. The maximum absolute atomic E-state index is 12.0. The van der Waals surface area contributed by atoms with Gasteiger partial charge >= 0.3 is 5.97 Å². The molecule has 0 spiro atoms. The molecule has 0 radical (unpaired) electrons. The molecule has 1 heterocycles. The molecule has 1 saturated heterocycles. The SMILES string of the molecule is C[C@@H](NC(=O)C1CCC(C(=O)O)O1)c1ccccc1Cl. The van der Waals surface area contributed by atoms with Crippen LogP contribution in [0.25, 0.3) is 0 Å². The van der Waals surface area contributed by atoms with Crippen LogP contribution in [0, 0.1) is 0 Å². The molecule has 6 heteroatoms. The molecule has 2 rings (SSSR count). The van der Waals surface area contributed by atoms with Gasteiger partial charge in [0.1, 0.15) is 6.10 Å². The summed E-state index contributed by atoms with van der Waals surface area (Å²) in [4.78, 5) is 22.8. The Morgan fingerprint density at radius 3 is 2.60 bits per heavy atom. The number of carboxylic acids is 1. The van der Waals surface area contributed by atoms with Crippen molar-refractivity contribution in [1.29, 1.82) is 0 Å². The van der Waals surface area contributed by atoms with Gasteiger partial charge in [-0.25, -0.2) is 4.79 Å². The summed E-state index contributed by atoms with van der Waals surface area (Å²) in [5.74, 6) is -1.33. The van der Waals surface area contributed by atoms with E-state index in [0.717, 1.165) is 5.56 Å². The summed E-state index contributed by atoms with van der Waals surface area (Å²) in [5.41, 5.74) is 0.815. The predicted octanol–water partition coefficient (Wildman–Crippen LogP) is 2.15. The largest absolute Gasteiger partial charge is 0.479 e. The fraction of sp³-hybridized carbons (Fsp3) is 0.429. The summed E-state index contributed by atoms with van der Waals surface area (Å²) in [7, 11) is 0. The zero-order valence-electron chi connectivity index (χ0n) is 11.0. The Balaban J connectivity index is 1.95. The second-order valence-corrected chi connectivity index (χ2v) is 5.19. The molecule has 1 aliphatic heterocycles. The summed E-state index contributed by atoms with van der Waals surface area (Å²) < 4.78 is 5.21. The lowest BCUT2D eigenvalue weighted by Gasteiger charge is -2.18. The van der Waals surface area contributed by atoms with Crippen molar-refractivity contribution >= 4 is 23.5 Å². The van der Waals surface area contributed by atoms with Crippen molar-refractivity contribution in [2.24, 2.45) is 0 Å². The molecule has 0 saturated carbocycles. The quantitative estimate of drug-likeness (QED) is 0.893. The van der Waals surface area contributed by atoms with Crippen LogP contribution in [0.4, 0.5) is 0 Å². The zero-order chi connectivity index (χ0) is 14.7. The number of amides is 1. The third kappa shape index (κ3) is 3.29. The Kier molecular flexibility index (Phi) is 4.62. The average molecular weight is 298 g/mol. The first-order valence-corrected chi connectivity index (χ1v) is 6.80. The molecule has 0 aliphatic carbocycles. The zero-order valence-corrected chi connectivity index (χ0v) is 11.8. The van der Waals surface area contributed by atoms with E-state index in [0.29, 0.717) is 17.9 Å². The molecule has 1 fully saturated rings. The van der Waals surface area contributed by atoms with Gasteiger partial charge in [-0.05, 0) is 31.4 Å². The Morgan fingerprint density at radius 1 is 1.35 bits per heavy atom. The number of carbonyl (C=O) groups is 2. The number of carboxylic acid groups (broad SMARTS) is 1. The van der Waals surface area contributed by atoms with Gasteiger partial charge in [-0.1, -0.05) is 29.8 Å². The van der Waals surface area contributed by atoms with Gasteiger partial charge in [-0.15, -0.1) is 0 Å². The van der Waals surface area contributed by atoms with Gasteiger partial charge in [0, 0.05) is 5.02 Å². The summed E-state index contributed by atoms with van der Waals surface area (Å²) in [5, 5.41) is 12.2. The molecule has 3 atom stereocenters. The summed E-state index contributed by atoms with van der Waals surface area (Å²) >= 11 is 6.07. The molecular weight excluding hydrogens is 282 g/mol.